The van der Waals surface area contributed by atoms with Crippen LogP contribution in [-0.4, -0.2) is 37.2 Å². The highest BCUT2D eigenvalue weighted by Crippen LogP contribution is 2.12. The molecule has 0 aliphatic carbocycles. The number of hydrogen-bond donors (Lipinski definition) is 0. The third-order valence-corrected chi connectivity index (χ3v) is 9.41. The van der Waals surface area contributed by atoms with Gasteiger partial charge in [-0.25, -0.2) is 0 Å². The van der Waals surface area contributed by atoms with Crippen LogP contribution in [0.1, 0.15) is 201 Å². The molecule has 1 atom stereocenters. The van der Waals surface area contributed by atoms with Gasteiger partial charge in [0.05, 0.1) is 0 Å². The molecule has 6 nitrogen and oxygen atoms in total. The molecule has 0 spiro atoms. The predicted octanol–water partition coefficient (Wildman–Crippen LogP) is 14.9. The number of unbranched alkanes of at least 4 members (excludes halogenated alkanes) is 17. The Labute approximate surface area is 350 Å². The fraction of sp³-hybridized carbons (Fsp3) is 0.667. The first-order chi connectivity index (χ1) is 28.0. The van der Waals surface area contributed by atoms with Crippen LogP contribution in [0.3, 0.4) is 0 Å². The van der Waals surface area contributed by atoms with Crippen LogP contribution in [0.2, 0.25) is 0 Å². The van der Waals surface area contributed by atoms with Crippen molar-refractivity contribution >= 4 is 17.9 Å². The van der Waals surface area contributed by atoms with Crippen molar-refractivity contribution in [1.82, 2.24) is 0 Å². The Kier molecular flexibility index (Phi) is 42.6. The molecule has 0 saturated carbocycles. The Morgan fingerprint density at radius 2 is 0.772 bits per heavy atom. The number of esters is 3. The van der Waals surface area contributed by atoms with Crippen molar-refractivity contribution < 1.29 is 28.6 Å². The SMILES string of the molecule is CC\C=C/C=C\C=C/CCCCCCCC(=O)OC(COC(=O)CCC/C=C\C/C=C\C/C=C\CCCCCCCC)COC(=O)CCC/C=C\CCCCCC. The van der Waals surface area contributed by atoms with Crippen LogP contribution in [-0.2, 0) is 28.6 Å². The van der Waals surface area contributed by atoms with Gasteiger partial charge in [0.15, 0.2) is 6.10 Å². The molecule has 0 fully saturated rings. The molecule has 0 aliphatic rings. The Bertz CT molecular complexity index is 1140. The van der Waals surface area contributed by atoms with Gasteiger partial charge in [-0.3, -0.25) is 14.4 Å². The maximum absolute atomic E-state index is 12.7. The summed E-state index contributed by atoms with van der Waals surface area (Å²) in [5.41, 5.74) is 0. The van der Waals surface area contributed by atoms with E-state index >= 15 is 0 Å². The molecule has 0 aliphatic heterocycles. The van der Waals surface area contributed by atoms with E-state index < -0.39 is 6.10 Å². The van der Waals surface area contributed by atoms with Gasteiger partial charge in [0.1, 0.15) is 13.2 Å². The lowest BCUT2D eigenvalue weighted by Gasteiger charge is -2.18. The molecule has 57 heavy (non-hydrogen) atoms. The van der Waals surface area contributed by atoms with Crippen molar-refractivity contribution in [3.8, 4) is 0 Å². The summed E-state index contributed by atoms with van der Waals surface area (Å²) in [6.07, 6.45) is 57.3. The number of allylic oxidation sites excluding steroid dienone is 14. The highest BCUT2D eigenvalue weighted by atomic mass is 16.6. The summed E-state index contributed by atoms with van der Waals surface area (Å²) >= 11 is 0. The van der Waals surface area contributed by atoms with Gasteiger partial charge in [-0.2, -0.15) is 0 Å². The number of carbonyl (C=O) groups is 3. The second-order valence-electron chi connectivity index (χ2n) is 15.0. The molecule has 0 heterocycles. The molecule has 6 heteroatoms. The third-order valence-electron chi connectivity index (χ3n) is 9.41. The number of ether oxygens (including phenoxy) is 3. The van der Waals surface area contributed by atoms with Crippen LogP contribution in [0, 0.1) is 0 Å². The minimum atomic E-state index is -0.816. The average molecular weight is 793 g/mol. The van der Waals surface area contributed by atoms with E-state index in [0.29, 0.717) is 19.3 Å². The van der Waals surface area contributed by atoms with Crippen molar-refractivity contribution in [2.24, 2.45) is 0 Å². The van der Waals surface area contributed by atoms with Crippen molar-refractivity contribution in [2.45, 2.75) is 207 Å². The van der Waals surface area contributed by atoms with Gasteiger partial charge >= 0.3 is 17.9 Å². The van der Waals surface area contributed by atoms with E-state index in [4.69, 9.17) is 14.2 Å². The second-order valence-corrected chi connectivity index (χ2v) is 15.0. The van der Waals surface area contributed by atoms with Gasteiger partial charge in [-0.15, -0.1) is 0 Å². The monoisotopic (exact) mass is 793 g/mol. The molecule has 0 amide bonds. The normalized spacial score (nSPS) is 12.8. The summed E-state index contributed by atoms with van der Waals surface area (Å²) < 4.78 is 16.6. The zero-order chi connectivity index (χ0) is 41.5. The molecule has 0 N–H and O–H groups in total. The first-order valence-corrected chi connectivity index (χ1v) is 23.1. The first-order valence-electron chi connectivity index (χ1n) is 23.1. The standard InChI is InChI=1S/C51H84O6/c1-4-7-10-13-16-19-21-23-24-25-26-28-29-32-35-38-41-44-50(53)56-47-48(46-55-49(52)43-40-37-34-31-18-15-12-9-6-3)57-51(54)45-42-39-36-33-30-27-22-20-17-14-11-8-5-2/h8,11,14,17,20,22-24,26,28,31-32,34-35,48H,4-7,9-10,12-13,15-16,18-19,21,25,27,29-30,33,36-47H2,1-3H3/b11-8-,17-14-,22-20-,24-23-,28-26-,34-31-,35-32-. The smallest absolute Gasteiger partial charge is 0.306 e. The van der Waals surface area contributed by atoms with Crippen LogP contribution in [0.25, 0.3) is 0 Å². The molecule has 0 aromatic rings. The summed E-state index contributed by atoms with van der Waals surface area (Å²) in [6, 6.07) is 0. The molecule has 0 saturated heterocycles. The highest BCUT2D eigenvalue weighted by molar-refractivity contribution is 5.71. The molecule has 324 valence electrons. The Balaban J connectivity index is 4.49. The van der Waals surface area contributed by atoms with Gasteiger partial charge < -0.3 is 14.2 Å². The summed E-state index contributed by atoms with van der Waals surface area (Å²) in [6.45, 7) is 6.35. The topological polar surface area (TPSA) is 78.9 Å². The molecule has 1 unspecified atom stereocenters. The van der Waals surface area contributed by atoms with E-state index in [0.717, 1.165) is 77.0 Å². The van der Waals surface area contributed by atoms with Crippen molar-refractivity contribution in [3.05, 3.63) is 85.1 Å². The summed E-state index contributed by atoms with van der Waals surface area (Å²) in [4.78, 5) is 37.7. The maximum Gasteiger partial charge on any atom is 0.306 e. The van der Waals surface area contributed by atoms with Crippen LogP contribution in [0.15, 0.2) is 85.1 Å². The molecular formula is C51H84O6. The lowest BCUT2D eigenvalue weighted by molar-refractivity contribution is -0.167. The van der Waals surface area contributed by atoms with E-state index in [9.17, 15) is 14.4 Å². The maximum atomic E-state index is 12.7. The van der Waals surface area contributed by atoms with Crippen molar-refractivity contribution in [2.75, 3.05) is 13.2 Å². The lowest BCUT2D eigenvalue weighted by Crippen LogP contribution is -2.30. The van der Waals surface area contributed by atoms with E-state index in [1.165, 1.54) is 70.6 Å². The summed E-state index contributed by atoms with van der Waals surface area (Å²) in [5.74, 6) is -1.03. The fourth-order valence-corrected chi connectivity index (χ4v) is 5.93. The largest absolute Gasteiger partial charge is 0.462 e. The van der Waals surface area contributed by atoms with Gasteiger partial charge in [-0.1, -0.05) is 176 Å². The molecular weight excluding hydrogens is 709 g/mol. The third kappa shape index (κ3) is 43.6. The van der Waals surface area contributed by atoms with Gasteiger partial charge in [0.2, 0.25) is 0 Å². The van der Waals surface area contributed by atoms with Gasteiger partial charge in [-0.05, 0) is 89.9 Å². The van der Waals surface area contributed by atoms with E-state index in [-0.39, 0.29) is 44.0 Å². The van der Waals surface area contributed by atoms with Crippen LogP contribution >= 0.6 is 0 Å². The average Bonchev–Trinajstić information content (AvgIpc) is 3.21. The van der Waals surface area contributed by atoms with E-state index in [1.807, 2.05) is 6.08 Å². The molecule has 0 aromatic heterocycles. The second kappa shape index (κ2) is 45.3. The minimum Gasteiger partial charge on any atom is -0.462 e. The van der Waals surface area contributed by atoms with Gasteiger partial charge in [0, 0.05) is 19.3 Å². The number of carbonyl (C=O) groups excluding carboxylic acids is 3. The Morgan fingerprint density at radius 3 is 1.30 bits per heavy atom. The van der Waals surface area contributed by atoms with Crippen molar-refractivity contribution in [3.63, 3.8) is 0 Å². The molecule has 0 radical (unpaired) electrons. The summed E-state index contributed by atoms with van der Waals surface area (Å²) in [5, 5.41) is 0. The minimum absolute atomic E-state index is 0.117. The zero-order valence-corrected chi connectivity index (χ0v) is 36.8. The first kappa shape index (κ1) is 53.6. The summed E-state index contributed by atoms with van der Waals surface area (Å²) in [7, 11) is 0. The predicted molar refractivity (Wildman–Crippen MR) is 242 cm³/mol. The molecule has 0 aromatic carbocycles. The quantitative estimate of drug-likeness (QED) is 0.0202. The molecule has 0 bridgehead atoms. The number of hydrogen-bond acceptors (Lipinski definition) is 6. The fourth-order valence-electron chi connectivity index (χ4n) is 5.93. The highest BCUT2D eigenvalue weighted by Gasteiger charge is 2.19. The Hall–Kier alpha value is -3.41. The zero-order valence-electron chi connectivity index (χ0n) is 36.8. The van der Waals surface area contributed by atoms with Crippen LogP contribution < -0.4 is 0 Å². The number of rotatable bonds is 40. The van der Waals surface area contributed by atoms with Gasteiger partial charge in [0.25, 0.3) is 0 Å². The van der Waals surface area contributed by atoms with Crippen LogP contribution in [0.4, 0.5) is 0 Å². The lowest BCUT2D eigenvalue weighted by atomic mass is 10.1. The molecule has 0 rings (SSSR count). The van der Waals surface area contributed by atoms with Crippen molar-refractivity contribution in [1.29, 1.82) is 0 Å². The van der Waals surface area contributed by atoms with E-state index in [2.05, 4.69) is 99.8 Å². The van der Waals surface area contributed by atoms with Crippen LogP contribution in [0.5, 0.6) is 0 Å². The van der Waals surface area contributed by atoms with E-state index in [1.54, 1.807) is 0 Å². The Morgan fingerprint density at radius 1 is 0.386 bits per heavy atom.